The maximum atomic E-state index is 12.0. The molecule has 0 radical (unpaired) electrons. The summed E-state index contributed by atoms with van der Waals surface area (Å²) >= 11 is 0. The molecule has 0 spiro atoms. The van der Waals surface area contributed by atoms with Gasteiger partial charge in [-0.1, -0.05) is 19.3 Å². The highest BCUT2D eigenvalue weighted by Crippen LogP contribution is 2.22. The normalized spacial score (nSPS) is 18.3. The van der Waals surface area contributed by atoms with E-state index in [-0.39, 0.29) is 12.5 Å². The van der Waals surface area contributed by atoms with E-state index in [0.717, 1.165) is 12.8 Å². The Morgan fingerprint density at radius 1 is 1.33 bits per heavy atom. The Labute approximate surface area is 108 Å². The zero-order chi connectivity index (χ0) is 13.5. The number of nitrogens with zero attached hydrogens (tertiary/aromatic N) is 1. The molecule has 5 nitrogen and oxygen atoms in total. The summed E-state index contributed by atoms with van der Waals surface area (Å²) in [4.78, 5) is 24.4. The number of ether oxygens (including phenoxy) is 1. The lowest BCUT2D eigenvalue weighted by atomic mass is 9.94. The molecule has 1 aliphatic carbocycles. The molecular weight excluding hydrogens is 234 g/mol. The summed E-state index contributed by atoms with van der Waals surface area (Å²) in [7, 11) is 0. The first-order valence-corrected chi connectivity index (χ1v) is 6.70. The summed E-state index contributed by atoms with van der Waals surface area (Å²) in [6.07, 6.45) is 4.75. The third kappa shape index (κ3) is 4.29. The van der Waals surface area contributed by atoms with Crippen LogP contribution in [0.5, 0.6) is 0 Å². The van der Waals surface area contributed by atoms with Crippen molar-refractivity contribution in [2.24, 2.45) is 0 Å². The molecule has 104 valence electrons. The molecule has 0 aliphatic heterocycles. The molecule has 18 heavy (non-hydrogen) atoms. The predicted octanol–water partition coefficient (Wildman–Crippen LogP) is 1.66. The van der Waals surface area contributed by atoms with Crippen LogP contribution in [0.4, 0.5) is 0 Å². The Morgan fingerprint density at radius 3 is 2.44 bits per heavy atom. The number of carbonyl (C=O) groups is 2. The molecule has 1 atom stereocenters. The van der Waals surface area contributed by atoms with Crippen LogP contribution in [0.25, 0.3) is 0 Å². The highest BCUT2D eigenvalue weighted by atomic mass is 16.5. The minimum atomic E-state index is -1.04. The minimum Gasteiger partial charge on any atom is -0.479 e. The number of rotatable bonds is 6. The summed E-state index contributed by atoms with van der Waals surface area (Å²) in [5.41, 5.74) is 0. The van der Waals surface area contributed by atoms with E-state index in [1.54, 1.807) is 0 Å². The zero-order valence-electron chi connectivity index (χ0n) is 11.2. The van der Waals surface area contributed by atoms with Gasteiger partial charge in [-0.3, -0.25) is 4.79 Å². The molecular formula is C13H23NO4. The molecule has 1 rings (SSSR count). The molecule has 0 aromatic carbocycles. The molecule has 1 amide bonds. The number of hydrogen-bond donors (Lipinski definition) is 1. The molecule has 0 bridgehead atoms. The van der Waals surface area contributed by atoms with E-state index in [2.05, 4.69) is 0 Å². The molecule has 1 saturated carbocycles. The molecule has 0 aromatic heterocycles. The van der Waals surface area contributed by atoms with Crippen molar-refractivity contribution in [3.63, 3.8) is 0 Å². The highest BCUT2D eigenvalue weighted by Gasteiger charge is 2.25. The van der Waals surface area contributed by atoms with Gasteiger partial charge in [0, 0.05) is 12.6 Å². The lowest BCUT2D eigenvalue weighted by molar-refractivity contribution is -0.153. The van der Waals surface area contributed by atoms with E-state index in [9.17, 15) is 9.59 Å². The van der Waals surface area contributed by atoms with Crippen LogP contribution < -0.4 is 0 Å². The lowest BCUT2D eigenvalue weighted by Gasteiger charge is -2.33. The number of carboxylic acids is 1. The van der Waals surface area contributed by atoms with Crippen LogP contribution in [0, 0.1) is 0 Å². The molecule has 0 saturated heterocycles. The summed E-state index contributed by atoms with van der Waals surface area (Å²) in [6.45, 7) is 3.91. The first kappa shape index (κ1) is 15.0. The minimum absolute atomic E-state index is 0.0995. The number of carbonyl (C=O) groups excluding carboxylic acids is 1. The number of amides is 1. The Morgan fingerprint density at radius 2 is 1.94 bits per heavy atom. The van der Waals surface area contributed by atoms with Crippen molar-refractivity contribution in [3.8, 4) is 0 Å². The highest BCUT2D eigenvalue weighted by molar-refractivity contribution is 5.78. The number of hydrogen-bond acceptors (Lipinski definition) is 3. The van der Waals surface area contributed by atoms with Crippen molar-refractivity contribution in [3.05, 3.63) is 0 Å². The molecule has 0 heterocycles. The van der Waals surface area contributed by atoms with Gasteiger partial charge in [-0.2, -0.15) is 0 Å². The Hall–Kier alpha value is -1.10. The van der Waals surface area contributed by atoms with E-state index < -0.39 is 12.1 Å². The topological polar surface area (TPSA) is 66.8 Å². The Kier molecular flexibility index (Phi) is 6.12. The number of aliphatic carboxylic acids is 1. The molecule has 1 N–H and O–H groups in total. The van der Waals surface area contributed by atoms with Gasteiger partial charge in [0.1, 0.15) is 6.61 Å². The molecule has 1 aliphatic rings. The Balaban J connectivity index is 2.43. The fraction of sp³-hybridized carbons (Fsp3) is 0.846. The van der Waals surface area contributed by atoms with E-state index in [1.165, 1.54) is 26.2 Å². The van der Waals surface area contributed by atoms with E-state index >= 15 is 0 Å². The van der Waals surface area contributed by atoms with Gasteiger partial charge in [0.05, 0.1) is 0 Å². The van der Waals surface area contributed by atoms with Crippen LogP contribution in [-0.2, 0) is 14.3 Å². The van der Waals surface area contributed by atoms with E-state index in [0.29, 0.717) is 12.6 Å². The fourth-order valence-corrected chi connectivity index (χ4v) is 2.38. The van der Waals surface area contributed by atoms with Gasteiger partial charge >= 0.3 is 5.97 Å². The summed E-state index contributed by atoms with van der Waals surface area (Å²) in [5.74, 6) is -1.14. The van der Waals surface area contributed by atoms with Crippen LogP contribution in [-0.4, -0.2) is 47.2 Å². The summed E-state index contributed by atoms with van der Waals surface area (Å²) in [6, 6.07) is 0.306. The quantitative estimate of drug-likeness (QED) is 0.785. The number of carboxylic acid groups (broad SMARTS) is 1. The maximum absolute atomic E-state index is 12.0. The second kappa shape index (κ2) is 7.36. The van der Waals surface area contributed by atoms with Gasteiger partial charge in [0.15, 0.2) is 6.10 Å². The van der Waals surface area contributed by atoms with Gasteiger partial charge < -0.3 is 14.7 Å². The number of likely N-dealkylation sites (N-methyl/N-ethyl adjacent to an activating group) is 1. The lowest BCUT2D eigenvalue weighted by Crippen LogP contribution is -2.43. The van der Waals surface area contributed by atoms with E-state index in [4.69, 9.17) is 9.84 Å². The van der Waals surface area contributed by atoms with E-state index in [1.807, 2.05) is 11.8 Å². The maximum Gasteiger partial charge on any atom is 0.332 e. The first-order chi connectivity index (χ1) is 8.56. The summed E-state index contributed by atoms with van der Waals surface area (Å²) < 4.78 is 5.05. The standard InChI is InChI=1S/C13H23NO4/c1-3-14(11-7-5-4-6-8-11)12(15)9-18-10(2)13(16)17/h10-11H,3-9H2,1-2H3,(H,16,17)/t10-/m1/s1. The van der Waals surface area contributed by atoms with Gasteiger partial charge in [0.25, 0.3) is 0 Å². The molecule has 5 heteroatoms. The summed E-state index contributed by atoms with van der Waals surface area (Å²) in [5, 5.41) is 8.69. The van der Waals surface area contributed by atoms with Crippen LogP contribution in [0.15, 0.2) is 0 Å². The van der Waals surface area contributed by atoms with Gasteiger partial charge in [0.2, 0.25) is 5.91 Å². The smallest absolute Gasteiger partial charge is 0.332 e. The van der Waals surface area contributed by atoms with Crippen molar-refractivity contribution in [2.75, 3.05) is 13.2 Å². The van der Waals surface area contributed by atoms with Gasteiger partial charge in [-0.05, 0) is 26.7 Å². The Bertz CT molecular complexity index is 287. The second-order valence-corrected chi connectivity index (χ2v) is 4.76. The van der Waals surface area contributed by atoms with Crippen molar-refractivity contribution in [2.45, 2.75) is 58.1 Å². The van der Waals surface area contributed by atoms with Crippen molar-refractivity contribution in [1.82, 2.24) is 4.90 Å². The van der Waals surface area contributed by atoms with Crippen molar-refractivity contribution < 1.29 is 19.4 Å². The van der Waals surface area contributed by atoms with Crippen LogP contribution >= 0.6 is 0 Å². The largest absolute Gasteiger partial charge is 0.479 e. The molecule has 0 aromatic rings. The molecule has 1 fully saturated rings. The van der Waals surface area contributed by atoms with Gasteiger partial charge in [-0.25, -0.2) is 4.79 Å². The second-order valence-electron chi connectivity index (χ2n) is 4.76. The third-order valence-corrected chi connectivity index (χ3v) is 3.48. The van der Waals surface area contributed by atoms with Crippen molar-refractivity contribution >= 4 is 11.9 Å². The molecule has 0 unspecified atom stereocenters. The van der Waals surface area contributed by atoms with Crippen LogP contribution in [0.1, 0.15) is 46.0 Å². The average Bonchev–Trinajstić information content (AvgIpc) is 2.38. The monoisotopic (exact) mass is 257 g/mol. The fourth-order valence-electron chi connectivity index (χ4n) is 2.38. The average molecular weight is 257 g/mol. The SMILES string of the molecule is CCN(C(=O)CO[C@H](C)C(=O)O)C1CCCCC1. The van der Waals surface area contributed by atoms with Crippen LogP contribution in [0.2, 0.25) is 0 Å². The first-order valence-electron chi connectivity index (χ1n) is 6.70. The third-order valence-electron chi connectivity index (χ3n) is 3.48. The van der Waals surface area contributed by atoms with Crippen LogP contribution in [0.3, 0.4) is 0 Å². The van der Waals surface area contributed by atoms with Crippen molar-refractivity contribution in [1.29, 1.82) is 0 Å². The van der Waals surface area contributed by atoms with Gasteiger partial charge in [-0.15, -0.1) is 0 Å². The zero-order valence-corrected chi connectivity index (χ0v) is 11.2. The predicted molar refractivity (Wildman–Crippen MR) is 67.3 cm³/mol.